The first-order valence-corrected chi connectivity index (χ1v) is 9.95. The predicted molar refractivity (Wildman–Crippen MR) is 106 cm³/mol. The molecule has 0 bridgehead atoms. The Morgan fingerprint density at radius 1 is 1.31 bits per heavy atom. The average molecular weight is 413 g/mol. The Balaban J connectivity index is 1.97. The van der Waals surface area contributed by atoms with Crippen LogP contribution in [0, 0.1) is 11.3 Å². The summed E-state index contributed by atoms with van der Waals surface area (Å²) < 4.78 is 37.2. The summed E-state index contributed by atoms with van der Waals surface area (Å²) >= 11 is 0. The van der Waals surface area contributed by atoms with Crippen LogP contribution in [0.1, 0.15) is 11.3 Å². The van der Waals surface area contributed by atoms with E-state index in [2.05, 4.69) is 15.3 Å². The van der Waals surface area contributed by atoms with Gasteiger partial charge in [-0.05, 0) is 29.8 Å². The Kier molecular flexibility index (Phi) is 5.81. The summed E-state index contributed by atoms with van der Waals surface area (Å²) in [4.78, 5) is 8.19. The van der Waals surface area contributed by atoms with Crippen LogP contribution in [-0.2, 0) is 16.6 Å². The SMILES string of the molecule is COc1ccc(-c2nc(C#N)c(NCc3cccnc3)o2)cc1S(=O)(=O)N(C)C. The van der Waals surface area contributed by atoms with Gasteiger partial charge in [-0.1, -0.05) is 6.07 Å². The van der Waals surface area contributed by atoms with E-state index in [-0.39, 0.29) is 28.1 Å². The first-order valence-electron chi connectivity index (χ1n) is 8.51. The average Bonchev–Trinajstić information content (AvgIpc) is 3.15. The topological polar surface area (TPSA) is 121 Å². The summed E-state index contributed by atoms with van der Waals surface area (Å²) in [6.07, 6.45) is 3.36. The van der Waals surface area contributed by atoms with E-state index in [1.807, 2.05) is 12.1 Å². The van der Waals surface area contributed by atoms with Crippen molar-refractivity contribution in [1.29, 1.82) is 5.26 Å². The third-order valence-corrected chi connectivity index (χ3v) is 5.91. The van der Waals surface area contributed by atoms with E-state index in [9.17, 15) is 13.7 Å². The van der Waals surface area contributed by atoms with E-state index in [0.29, 0.717) is 12.1 Å². The summed E-state index contributed by atoms with van der Waals surface area (Å²) in [5.74, 6) is 0.511. The van der Waals surface area contributed by atoms with Gasteiger partial charge in [0.2, 0.25) is 27.5 Å². The van der Waals surface area contributed by atoms with Gasteiger partial charge in [0, 0.05) is 38.6 Å². The molecule has 2 aromatic heterocycles. The van der Waals surface area contributed by atoms with E-state index in [1.54, 1.807) is 24.5 Å². The minimum Gasteiger partial charge on any atom is -0.495 e. The van der Waals surface area contributed by atoms with Crippen molar-refractivity contribution in [2.24, 2.45) is 0 Å². The van der Waals surface area contributed by atoms with Gasteiger partial charge in [0.05, 0.1) is 7.11 Å². The molecular weight excluding hydrogens is 394 g/mol. The van der Waals surface area contributed by atoms with Gasteiger partial charge >= 0.3 is 0 Å². The van der Waals surface area contributed by atoms with Gasteiger partial charge in [0.25, 0.3) is 0 Å². The molecule has 0 unspecified atom stereocenters. The number of nitrogens with one attached hydrogen (secondary N) is 1. The van der Waals surface area contributed by atoms with Crippen LogP contribution in [-0.4, -0.2) is 43.9 Å². The number of oxazole rings is 1. The molecule has 9 nitrogen and oxygen atoms in total. The maximum atomic E-state index is 12.6. The molecule has 0 spiro atoms. The fourth-order valence-electron chi connectivity index (χ4n) is 2.53. The highest BCUT2D eigenvalue weighted by Crippen LogP contribution is 2.32. The maximum absolute atomic E-state index is 12.6. The molecule has 10 heteroatoms. The van der Waals surface area contributed by atoms with Crippen molar-refractivity contribution in [3.63, 3.8) is 0 Å². The number of methoxy groups -OCH3 is 1. The van der Waals surface area contributed by atoms with Crippen LogP contribution in [0.5, 0.6) is 5.75 Å². The van der Waals surface area contributed by atoms with E-state index >= 15 is 0 Å². The Morgan fingerprint density at radius 2 is 2.10 bits per heavy atom. The van der Waals surface area contributed by atoms with Crippen molar-refractivity contribution in [3.8, 4) is 23.3 Å². The number of pyridine rings is 1. The summed E-state index contributed by atoms with van der Waals surface area (Å²) in [5, 5.41) is 12.4. The van der Waals surface area contributed by atoms with Crippen LogP contribution < -0.4 is 10.1 Å². The van der Waals surface area contributed by atoms with Crippen molar-refractivity contribution in [3.05, 3.63) is 54.0 Å². The maximum Gasteiger partial charge on any atom is 0.246 e. The van der Waals surface area contributed by atoms with Crippen molar-refractivity contribution < 1.29 is 17.6 Å². The number of benzene rings is 1. The molecule has 2 heterocycles. The zero-order valence-corrected chi connectivity index (χ0v) is 16.9. The number of hydrogen-bond acceptors (Lipinski definition) is 8. The zero-order valence-electron chi connectivity index (χ0n) is 16.1. The van der Waals surface area contributed by atoms with Crippen molar-refractivity contribution in [2.75, 3.05) is 26.5 Å². The second-order valence-corrected chi connectivity index (χ2v) is 8.30. The molecule has 3 rings (SSSR count). The largest absolute Gasteiger partial charge is 0.495 e. The van der Waals surface area contributed by atoms with E-state index in [0.717, 1.165) is 9.87 Å². The molecule has 0 aliphatic carbocycles. The lowest BCUT2D eigenvalue weighted by molar-refractivity contribution is 0.400. The first-order chi connectivity index (χ1) is 13.9. The Labute approximate surface area is 168 Å². The quantitative estimate of drug-likeness (QED) is 0.627. The second kappa shape index (κ2) is 8.30. The van der Waals surface area contributed by atoms with Crippen LogP contribution in [0.4, 0.5) is 5.88 Å². The third-order valence-electron chi connectivity index (χ3n) is 4.08. The molecule has 0 aliphatic heterocycles. The number of nitrogens with zero attached hydrogens (tertiary/aromatic N) is 4. The smallest absolute Gasteiger partial charge is 0.246 e. The molecule has 29 heavy (non-hydrogen) atoms. The van der Waals surface area contributed by atoms with E-state index in [1.165, 1.54) is 33.3 Å². The molecule has 0 fully saturated rings. The molecule has 0 saturated heterocycles. The molecule has 0 atom stereocenters. The van der Waals surface area contributed by atoms with Gasteiger partial charge in [-0.25, -0.2) is 12.7 Å². The Bertz CT molecular complexity index is 1150. The standard InChI is InChI=1S/C19H19N5O4S/c1-24(2)29(25,26)17-9-14(6-7-16(17)27-3)18-23-15(10-20)19(28-18)22-12-13-5-4-8-21-11-13/h4-9,11,22H,12H2,1-3H3. The van der Waals surface area contributed by atoms with Crippen LogP contribution in [0.3, 0.4) is 0 Å². The van der Waals surface area contributed by atoms with Gasteiger partial charge < -0.3 is 14.5 Å². The number of hydrogen-bond donors (Lipinski definition) is 1. The first kappa shape index (κ1) is 20.3. The molecule has 0 aliphatic rings. The van der Waals surface area contributed by atoms with Gasteiger partial charge in [0.1, 0.15) is 16.7 Å². The molecule has 0 radical (unpaired) electrons. The predicted octanol–water partition coefficient (Wildman–Crippen LogP) is 2.48. The Morgan fingerprint density at radius 3 is 2.72 bits per heavy atom. The van der Waals surface area contributed by atoms with E-state index in [4.69, 9.17) is 9.15 Å². The van der Waals surface area contributed by atoms with Gasteiger partial charge in [-0.3, -0.25) is 4.98 Å². The number of nitriles is 1. The summed E-state index contributed by atoms with van der Waals surface area (Å²) in [6.45, 7) is 0.389. The molecule has 150 valence electrons. The van der Waals surface area contributed by atoms with Crippen LogP contribution in [0.2, 0.25) is 0 Å². The third kappa shape index (κ3) is 4.21. The summed E-state index contributed by atoms with van der Waals surface area (Å²) in [7, 11) is 0.501. The fourth-order valence-corrected chi connectivity index (χ4v) is 3.61. The number of aromatic nitrogens is 2. The van der Waals surface area contributed by atoms with Crippen molar-refractivity contribution >= 4 is 15.9 Å². The molecule has 1 aromatic carbocycles. The zero-order chi connectivity index (χ0) is 21.0. The molecule has 3 aromatic rings. The highest BCUT2D eigenvalue weighted by atomic mass is 32.2. The van der Waals surface area contributed by atoms with Crippen LogP contribution in [0.15, 0.2) is 52.0 Å². The normalized spacial score (nSPS) is 11.3. The van der Waals surface area contributed by atoms with Crippen molar-refractivity contribution in [2.45, 2.75) is 11.4 Å². The molecular formula is C19H19N5O4S. The van der Waals surface area contributed by atoms with Gasteiger partial charge in [-0.15, -0.1) is 0 Å². The number of anilines is 1. The number of sulfonamides is 1. The van der Waals surface area contributed by atoms with E-state index < -0.39 is 10.0 Å². The number of rotatable bonds is 7. The Hall–Kier alpha value is -3.42. The summed E-state index contributed by atoms with van der Waals surface area (Å²) in [6, 6.07) is 10.2. The van der Waals surface area contributed by atoms with Crippen molar-refractivity contribution in [1.82, 2.24) is 14.3 Å². The second-order valence-electron chi connectivity index (χ2n) is 6.18. The van der Waals surface area contributed by atoms with Gasteiger partial charge in [-0.2, -0.15) is 10.2 Å². The minimum absolute atomic E-state index is 0.0240. The molecule has 0 saturated carbocycles. The fraction of sp³-hybridized carbons (Fsp3) is 0.211. The molecule has 0 amide bonds. The summed E-state index contributed by atoms with van der Waals surface area (Å²) in [5.41, 5.74) is 1.37. The van der Waals surface area contributed by atoms with Crippen LogP contribution in [0.25, 0.3) is 11.5 Å². The monoisotopic (exact) mass is 413 g/mol. The lowest BCUT2D eigenvalue weighted by atomic mass is 10.2. The minimum atomic E-state index is -3.75. The van der Waals surface area contributed by atoms with Gasteiger partial charge in [0.15, 0.2) is 0 Å². The highest BCUT2D eigenvalue weighted by molar-refractivity contribution is 7.89. The number of ether oxygens (including phenoxy) is 1. The lowest BCUT2D eigenvalue weighted by Crippen LogP contribution is -2.22. The molecule has 1 N–H and O–H groups in total. The highest BCUT2D eigenvalue weighted by Gasteiger charge is 2.24. The lowest BCUT2D eigenvalue weighted by Gasteiger charge is -2.15. The van der Waals surface area contributed by atoms with Crippen LogP contribution >= 0.6 is 0 Å².